The zero-order valence-corrected chi connectivity index (χ0v) is 12.8. The van der Waals surface area contributed by atoms with Gasteiger partial charge in [0.05, 0.1) is 13.0 Å². The first kappa shape index (κ1) is 16.3. The van der Waals surface area contributed by atoms with Crippen LogP contribution in [0.2, 0.25) is 5.02 Å². The molecule has 0 unspecified atom stereocenters. The Morgan fingerprint density at radius 2 is 1.68 bits per heavy atom. The van der Waals surface area contributed by atoms with E-state index in [2.05, 4.69) is 5.32 Å². The normalized spacial score (nSPS) is 10.3. The molecule has 0 atom stereocenters. The Kier molecular flexibility index (Phi) is 6.25. The molecule has 22 heavy (non-hydrogen) atoms. The summed E-state index contributed by atoms with van der Waals surface area (Å²) in [5.74, 6) is 0.637. The maximum Gasteiger partial charge on any atom is 0.224 e. The summed E-state index contributed by atoms with van der Waals surface area (Å²) in [6.07, 6.45) is 0.289. The zero-order valence-electron chi connectivity index (χ0n) is 12.1. The van der Waals surface area contributed by atoms with E-state index in [0.29, 0.717) is 11.6 Å². The Bertz CT molecular complexity index is 596. The molecule has 1 amide bonds. The quantitative estimate of drug-likeness (QED) is 0.824. The van der Waals surface area contributed by atoms with Crippen LogP contribution in [0, 0.1) is 0 Å². The van der Waals surface area contributed by atoms with Crippen LogP contribution < -0.4 is 10.1 Å². The number of carbonyl (C=O) groups is 1. The average Bonchev–Trinajstić information content (AvgIpc) is 2.54. The van der Waals surface area contributed by atoms with Gasteiger partial charge in [-0.15, -0.1) is 0 Å². The summed E-state index contributed by atoms with van der Waals surface area (Å²) in [5.41, 5.74) is 1.94. The Balaban J connectivity index is 1.83. The molecule has 0 aromatic heterocycles. The van der Waals surface area contributed by atoms with Gasteiger partial charge in [0.1, 0.15) is 12.4 Å². The van der Waals surface area contributed by atoms with E-state index >= 15 is 0 Å². The van der Waals surface area contributed by atoms with Crippen molar-refractivity contribution in [1.29, 1.82) is 0 Å². The van der Waals surface area contributed by atoms with Gasteiger partial charge < -0.3 is 15.2 Å². The highest BCUT2D eigenvalue weighted by atomic mass is 35.5. The Morgan fingerprint density at radius 3 is 2.32 bits per heavy atom. The molecule has 2 aromatic carbocycles. The fourth-order valence-electron chi connectivity index (χ4n) is 1.89. The van der Waals surface area contributed by atoms with E-state index in [-0.39, 0.29) is 25.5 Å². The molecule has 0 saturated heterocycles. The van der Waals surface area contributed by atoms with Crippen LogP contribution in [0.1, 0.15) is 11.1 Å². The molecule has 0 fully saturated rings. The van der Waals surface area contributed by atoms with E-state index in [4.69, 9.17) is 21.4 Å². The fraction of sp³-hybridized carbons (Fsp3) is 0.235. The zero-order chi connectivity index (χ0) is 15.8. The molecule has 2 aromatic rings. The van der Waals surface area contributed by atoms with Crippen molar-refractivity contribution in [2.45, 2.75) is 13.0 Å². The molecule has 0 bridgehead atoms. The van der Waals surface area contributed by atoms with Crippen LogP contribution in [-0.4, -0.2) is 24.2 Å². The fourth-order valence-corrected chi connectivity index (χ4v) is 2.02. The van der Waals surface area contributed by atoms with Crippen LogP contribution in [0.5, 0.6) is 5.75 Å². The van der Waals surface area contributed by atoms with Crippen molar-refractivity contribution in [3.8, 4) is 5.75 Å². The van der Waals surface area contributed by atoms with Crippen molar-refractivity contribution in [1.82, 2.24) is 5.32 Å². The number of rotatable bonds is 7. The SMILES string of the molecule is O=C(Cc1ccc(OCc2ccc(Cl)cc2)cc1)NCCO. The number of hydrogen-bond acceptors (Lipinski definition) is 3. The lowest BCUT2D eigenvalue weighted by atomic mass is 10.1. The second-order valence-corrected chi connectivity index (χ2v) is 5.25. The summed E-state index contributed by atoms with van der Waals surface area (Å²) in [5, 5.41) is 12.0. The monoisotopic (exact) mass is 319 g/mol. The molecule has 2 N–H and O–H groups in total. The second kappa shape index (κ2) is 8.41. The molecule has 0 heterocycles. The highest BCUT2D eigenvalue weighted by molar-refractivity contribution is 6.30. The molecule has 0 radical (unpaired) electrons. The number of aliphatic hydroxyl groups is 1. The molecule has 0 aliphatic heterocycles. The summed E-state index contributed by atoms with van der Waals surface area (Å²) in [7, 11) is 0. The van der Waals surface area contributed by atoms with Gasteiger partial charge in [0.15, 0.2) is 0 Å². The summed E-state index contributed by atoms with van der Waals surface area (Å²) >= 11 is 5.83. The number of carbonyl (C=O) groups excluding carboxylic acids is 1. The Morgan fingerprint density at radius 1 is 1.05 bits per heavy atom. The number of amides is 1. The number of aliphatic hydroxyl groups excluding tert-OH is 1. The van der Waals surface area contributed by atoms with Crippen molar-refractivity contribution >= 4 is 17.5 Å². The first-order valence-electron chi connectivity index (χ1n) is 7.01. The van der Waals surface area contributed by atoms with Crippen LogP contribution in [-0.2, 0) is 17.8 Å². The minimum absolute atomic E-state index is 0.0524. The first-order chi connectivity index (χ1) is 10.7. The molecular weight excluding hydrogens is 302 g/mol. The largest absolute Gasteiger partial charge is 0.489 e. The third-order valence-corrected chi connectivity index (χ3v) is 3.29. The lowest BCUT2D eigenvalue weighted by Crippen LogP contribution is -2.27. The van der Waals surface area contributed by atoms with Crippen molar-refractivity contribution < 1.29 is 14.6 Å². The van der Waals surface area contributed by atoms with Crippen LogP contribution in [0.4, 0.5) is 0 Å². The van der Waals surface area contributed by atoms with Crippen molar-refractivity contribution in [3.63, 3.8) is 0 Å². The summed E-state index contributed by atoms with van der Waals surface area (Å²) < 4.78 is 5.68. The highest BCUT2D eigenvalue weighted by Gasteiger charge is 2.03. The van der Waals surface area contributed by atoms with Gasteiger partial charge in [-0.05, 0) is 35.4 Å². The number of halogens is 1. The van der Waals surface area contributed by atoms with Crippen molar-refractivity contribution in [2.24, 2.45) is 0 Å². The van der Waals surface area contributed by atoms with Gasteiger partial charge in [-0.1, -0.05) is 35.9 Å². The lowest BCUT2D eigenvalue weighted by molar-refractivity contribution is -0.120. The molecule has 0 aliphatic rings. The molecule has 5 heteroatoms. The van der Waals surface area contributed by atoms with Crippen LogP contribution in [0.25, 0.3) is 0 Å². The topological polar surface area (TPSA) is 58.6 Å². The van der Waals surface area contributed by atoms with Crippen LogP contribution in [0.3, 0.4) is 0 Å². The van der Waals surface area contributed by atoms with Crippen molar-refractivity contribution in [3.05, 3.63) is 64.7 Å². The minimum atomic E-state index is -0.108. The number of ether oxygens (including phenoxy) is 1. The minimum Gasteiger partial charge on any atom is -0.489 e. The number of nitrogens with one attached hydrogen (secondary N) is 1. The summed E-state index contributed by atoms with van der Waals surface area (Å²) in [4.78, 5) is 11.5. The number of hydrogen-bond donors (Lipinski definition) is 2. The lowest BCUT2D eigenvalue weighted by Gasteiger charge is -2.08. The Hall–Kier alpha value is -2.04. The van der Waals surface area contributed by atoms with Crippen molar-refractivity contribution in [2.75, 3.05) is 13.2 Å². The summed E-state index contributed by atoms with van der Waals surface area (Å²) in [6.45, 7) is 0.692. The van der Waals surface area contributed by atoms with E-state index < -0.39 is 0 Å². The first-order valence-corrected chi connectivity index (χ1v) is 7.39. The molecule has 0 saturated carbocycles. The highest BCUT2D eigenvalue weighted by Crippen LogP contribution is 2.16. The molecule has 0 aliphatic carbocycles. The van der Waals surface area contributed by atoms with E-state index in [0.717, 1.165) is 16.9 Å². The predicted molar refractivity (Wildman–Crippen MR) is 86.0 cm³/mol. The average molecular weight is 320 g/mol. The molecular formula is C17H18ClNO3. The molecule has 116 valence electrons. The third-order valence-electron chi connectivity index (χ3n) is 3.04. The molecule has 4 nitrogen and oxygen atoms in total. The van der Waals surface area contributed by atoms with E-state index in [1.54, 1.807) is 0 Å². The van der Waals surface area contributed by atoms with E-state index in [1.165, 1.54) is 0 Å². The molecule has 0 spiro atoms. The maximum atomic E-state index is 11.5. The predicted octanol–water partition coefficient (Wildman–Crippen LogP) is 2.57. The number of benzene rings is 2. The van der Waals surface area contributed by atoms with Gasteiger partial charge >= 0.3 is 0 Å². The third kappa shape index (κ3) is 5.39. The van der Waals surface area contributed by atoms with Gasteiger partial charge in [0.2, 0.25) is 5.91 Å². The van der Waals surface area contributed by atoms with Crippen LogP contribution in [0.15, 0.2) is 48.5 Å². The second-order valence-electron chi connectivity index (χ2n) is 4.81. The summed E-state index contributed by atoms with van der Waals surface area (Å²) in [6, 6.07) is 14.9. The molecule has 2 rings (SSSR count). The van der Waals surface area contributed by atoms with Crippen LogP contribution >= 0.6 is 11.6 Å². The van der Waals surface area contributed by atoms with Gasteiger partial charge in [-0.25, -0.2) is 0 Å². The van der Waals surface area contributed by atoms with E-state index in [1.807, 2.05) is 48.5 Å². The van der Waals surface area contributed by atoms with Gasteiger partial charge in [-0.3, -0.25) is 4.79 Å². The standard InChI is InChI=1S/C17H18ClNO3/c18-15-5-1-14(2-6-15)12-22-16-7-3-13(4-8-16)11-17(21)19-9-10-20/h1-8,20H,9-12H2,(H,19,21). The van der Waals surface area contributed by atoms with Gasteiger partial charge in [0, 0.05) is 11.6 Å². The smallest absolute Gasteiger partial charge is 0.224 e. The van der Waals surface area contributed by atoms with E-state index in [9.17, 15) is 4.79 Å². The van der Waals surface area contributed by atoms with Gasteiger partial charge in [-0.2, -0.15) is 0 Å². The van der Waals surface area contributed by atoms with Gasteiger partial charge in [0.25, 0.3) is 0 Å². The Labute approximate surface area is 134 Å². The maximum absolute atomic E-state index is 11.5.